The predicted molar refractivity (Wildman–Crippen MR) is 180 cm³/mol. The van der Waals surface area contributed by atoms with Crippen molar-refractivity contribution in [1.82, 2.24) is 9.80 Å². The standard InChI is InChI=1S/C36H36Br2N2O10/c1-39-7-5-31-23-15-9-21(39)35(31,43)13-33(27(31)47-25(23)19(45-3)11-17(15)37)29(41)50-34(30(42)49-33)14-36(44)22-10-16-18(38)12-20(46-4)26-24(16)32(36,28(34)48-26)6-8-40(22)2/h11-12,21-22,27-28,43-44H,5-10,13-14H2,1-4H3/t21-,22+,27-,28-,31+,32+,33+,34+,35-,36-/m1/s1. The lowest BCUT2D eigenvalue weighted by molar-refractivity contribution is -0.244. The van der Waals surface area contributed by atoms with E-state index in [1.807, 2.05) is 26.2 Å². The third kappa shape index (κ3) is 2.84. The van der Waals surface area contributed by atoms with Gasteiger partial charge >= 0.3 is 11.9 Å². The molecule has 12 nitrogen and oxygen atoms in total. The second-order valence-electron chi connectivity index (χ2n) is 16.1. The summed E-state index contributed by atoms with van der Waals surface area (Å²) in [7, 11) is 7.05. The molecule has 4 bridgehead atoms. The molecular formula is C36H36Br2N2O10. The molecule has 0 amide bonds. The van der Waals surface area contributed by atoms with Crippen molar-refractivity contribution in [3.63, 3.8) is 0 Å². The third-order valence-corrected chi connectivity index (χ3v) is 16.1. The lowest BCUT2D eigenvalue weighted by Gasteiger charge is -2.56. The fourth-order valence-electron chi connectivity index (χ4n) is 12.7. The molecule has 11 rings (SSSR count). The molecule has 14 heteroatoms. The van der Waals surface area contributed by atoms with Gasteiger partial charge in [-0.2, -0.15) is 0 Å². The molecule has 10 atom stereocenters. The summed E-state index contributed by atoms with van der Waals surface area (Å²) in [6.07, 6.45) is -0.583. The van der Waals surface area contributed by atoms with E-state index in [1.165, 1.54) is 0 Å². The molecule has 9 aliphatic rings. The molecule has 0 radical (unpaired) electrons. The van der Waals surface area contributed by atoms with Crippen molar-refractivity contribution in [2.24, 2.45) is 0 Å². The number of halogens is 2. The fourth-order valence-corrected chi connectivity index (χ4v) is 13.9. The number of carbonyl (C=O) groups excluding carboxylic acids is 2. The molecule has 2 saturated carbocycles. The van der Waals surface area contributed by atoms with Gasteiger partial charge in [0.25, 0.3) is 0 Å². The Hall–Kier alpha value is -2.62. The molecule has 4 spiro atoms. The Morgan fingerprint density at radius 3 is 1.52 bits per heavy atom. The van der Waals surface area contributed by atoms with Crippen LogP contribution in [0.25, 0.3) is 0 Å². The van der Waals surface area contributed by atoms with Crippen molar-refractivity contribution in [3.05, 3.63) is 43.3 Å². The largest absolute Gasteiger partial charge is 0.493 e. The van der Waals surface area contributed by atoms with Gasteiger partial charge in [0.15, 0.2) is 35.2 Å². The quantitative estimate of drug-likeness (QED) is 0.431. The fraction of sp³-hybridized carbons (Fsp3) is 0.611. The van der Waals surface area contributed by atoms with Crippen LogP contribution in [-0.4, -0.2) is 120 Å². The van der Waals surface area contributed by atoms with Crippen molar-refractivity contribution in [3.8, 4) is 23.0 Å². The minimum Gasteiger partial charge on any atom is -0.493 e. The molecular weight excluding hydrogens is 780 g/mol. The van der Waals surface area contributed by atoms with Crippen molar-refractivity contribution >= 4 is 43.8 Å². The highest BCUT2D eigenvalue weighted by molar-refractivity contribution is 9.10. The van der Waals surface area contributed by atoms with Crippen LogP contribution in [0.2, 0.25) is 0 Å². The number of nitrogens with zero attached hydrogens (tertiary/aromatic N) is 2. The van der Waals surface area contributed by atoms with E-state index in [0.29, 0.717) is 61.8 Å². The van der Waals surface area contributed by atoms with Gasteiger partial charge in [-0.05, 0) is 76.1 Å². The van der Waals surface area contributed by atoms with Crippen LogP contribution in [0.4, 0.5) is 0 Å². The Labute approximate surface area is 304 Å². The van der Waals surface area contributed by atoms with Crippen molar-refractivity contribution in [2.45, 2.75) is 96.1 Å². The van der Waals surface area contributed by atoms with Gasteiger partial charge in [-0.25, -0.2) is 9.59 Å². The summed E-state index contributed by atoms with van der Waals surface area (Å²) >= 11 is 7.50. The van der Waals surface area contributed by atoms with Crippen LogP contribution in [0.15, 0.2) is 21.1 Å². The second kappa shape index (κ2) is 8.94. The van der Waals surface area contributed by atoms with Gasteiger partial charge in [0.1, 0.15) is 0 Å². The van der Waals surface area contributed by atoms with Gasteiger partial charge in [0.2, 0.25) is 11.2 Å². The zero-order chi connectivity index (χ0) is 34.7. The Kier molecular flexibility index (Phi) is 5.53. The Morgan fingerprint density at radius 2 is 1.14 bits per heavy atom. The van der Waals surface area contributed by atoms with Crippen LogP contribution in [0, 0.1) is 0 Å². The highest BCUT2D eigenvalue weighted by atomic mass is 79.9. The number of esters is 2. The van der Waals surface area contributed by atoms with E-state index in [1.54, 1.807) is 14.2 Å². The van der Waals surface area contributed by atoms with E-state index >= 15 is 9.59 Å². The number of aliphatic hydroxyl groups is 2. The van der Waals surface area contributed by atoms with Crippen LogP contribution in [0.3, 0.4) is 0 Å². The number of likely N-dealkylation sites (tertiary alicyclic amines) is 2. The van der Waals surface area contributed by atoms with Crippen LogP contribution >= 0.6 is 31.9 Å². The van der Waals surface area contributed by atoms with Crippen LogP contribution in [-0.2, 0) is 42.7 Å². The van der Waals surface area contributed by atoms with Gasteiger partial charge < -0.3 is 48.4 Å². The van der Waals surface area contributed by atoms with E-state index in [0.717, 1.165) is 31.2 Å². The normalized spacial score (nSPS) is 45.2. The molecule has 0 aromatic heterocycles. The van der Waals surface area contributed by atoms with E-state index in [4.69, 9.17) is 28.4 Å². The van der Waals surface area contributed by atoms with Crippen LogP contribution in [0.1, 0.15) is 47.9 Å². The van der Waals surface area contributed by atoms with Crippen molar-refractivity contribution in [1.29, 1.82) is 0 Å². The average Bonchev–Trinajstić information content (AvgIpc) is 3.74. The summed E-state index contributed by atoms with van der Waals surface area (Å²) in [5.74, 6) is 0.247. The summed E-state index contributed by atoms with van der Waals surface area (Å²) in [5, 5.41) is 26.0. The van der Waals surface area contributed by atoms with Gasteiger partial charge in [-0.3, -0.25) is 0 Å². The lowest BCUT2D eigenvalue weighted by Crippen LogP contribution is -2.71. The third-order valence-electron chi connectivity index (χ3n) is 14.7. The SMILES string of the molecule is COc1cc(Br)c2c3c1O[C@@H]1[C@]34CCN(C)[C@@H](C2)[C@]4(O)C[C@]12OC(=O)[C@@]1(C[C@@]3(O)[C@H]4Cc5c(Br)cc(OC)c6c5[C@@]3(CCN4C)[C@H]1O6)OC2=O. The molecule has 5 heterocycles. The first-order chi connectivity index (χ1) is 23.8. The van der Waals surface area contributed by atoms with Crippen molar-refractivity contribution in [2.75, 3.05) is 41.4 Å². The maximum Gasteiger partial charge on any atom is 0.356 e. The number of piperidine rings is 2. The number of benzene rings is 2. The Bertz CT molecular complexity index is 1890. The van der Waals surface area contributed by atoms with Gasteiger partial charge in [-0.15, -0.1) is 0 Å². The zero-order valence-electron chi connectivity index (χ0n) is 27.9. The zero-order valence-corrected chi connectivity index (χ0v) is 31.1. The summed E-state index contributed by atoms with van der Waals surface area (Å²) in [6.45, 7) is 1.28. The van der Waals surface area contributed by atoms with E-state index in [2.05, 4.69) is 41.7 Å². The Morgan fingerprint density at radius 1 is 0.740 bits per heavy atom. The maximum atomic E-state index is 15.1. The average molecular weight is 816 g/mol. The van der Waals surface area contributed by atoms with Gasteiger partial charge in [0.05, 0.1) is 36.3 Å². The molecule has 4 aliphatic carbocycles. The molecule has 2 aromatic rings. The number of ether oxygens (including phenoxy) is 6. The highest BCUT2D eigenvalue weighted by Crippen LogP contribution is 2.74. The molecule has 0 unspecified atom stereocenters. The molecule has 2 N–H and O–H groups in total. The van der Waals surface area contributed by atoms with Crippen molar-refractivity contribution < 1.29 is 48.2 Å². The number of likely N-dealkylation sites (N-methyl/N-ethyl adjacent to an activating group) is 2. The van der Waals surface area contributed by atoms with Gasteiger partial charge in [-0.1, -0.05) is 31.9 Å². The topological polar surface area (TPSA) is 136 Å². The molecule has 264 valence electrons. The second-order valence-corrected chi connectivity index (χ2v) is 17.8. The first-order valence-corrected chi connectivity index (χ1v) is 18.8. The number of hydrogen-bond acceptors (Lipinski definition) is 12. The number of rotatable bonds is 2. The van der Waals surface area contributed by atoms with E-state index in [9.17, 15) is 10.2 Å². The van der Waals surface area contributed by atoms with E-state index < -0.39 is 57.4 Å². The minimum absolute atomic E-state index is 0.189. The van der Waals surface area contributed by atoms with Crippen LogP contribution < -0.4 is 18.9 Å². The van der Waals surface area contributed by atoms with Gasteiger partial charge in [0, 0.05) is 45.0 Å². The number of carbonyl (C=O) groups is 2. The molecule has 50 heavy (non-hydrogen) atoms. The van der Waals surface area contributed by atoms with Crippen LogP contribution in [0.5, 0.6) is 23.0 Å². The molecule has 5 aliphatic heterocycles. The number of methoxy groups -OCH3 is 2. The number of hydrogen-bond donors (Lipinski definition) is 2. The molecule has 5 fully saturated rings. The molecule has 2 aromatic carbocycles. The number of fused-ring (bicyclic) bond motifs is 2. The lowest BCUT2D eigenvalue weighted by atomic mass is 9.56. The predicted octanol–water partition coefficient (Wildman–Crippen LogP) is 2.29. The summed E-state index contributed by atoms with van der Waals surface area (Å²) in [5.41, 5.74) is -5.47. The maximum absolute atomic E-state index is 15.1. The summed E-state index contributed by atoms with van der Waals surface area (Å²) in [4.78, 5) is 34.5. The first kappa shape index (κ1) is 31.0. The first-order valence-electron chi connectivity index (χ1n) is 17.2. The van der Waals surface area contributed by atoms with E-state index in [-0.39, 0.29) is 24.9 Å². The summed E-state index contributed by atoms with van der Waals surface area (Å²) < 4.78 is 39.9. The minimum atomic E-state index is -1.96. The smallest absolute Gasteiger partial charge is 0.356 e. The highest BCUT2D eigenvalue weighted by Gasteiger charge is 2.89. The molecule has 3 saturated heterocycles. The Balaban J connectivity index is 1.08. The summed E-state index contributed by atoms with van der Waals surface area (Å²) in [6, 6.07) is 2.94. The monoisotopic (exact) mass is 814 g/mol.